The molecular weight excluding hydrogens is 364 g/mol. The summed E-state index contributed by atoms with van der Waals surface area (Å²) in [5.41, 5.74) is 2.42. The van der Waals surface area contributed by atoms with Crippen LogP contribution in [-0.4, -0.2) is 36.4 Å². The van der Waals surface area contributed by atoms with Crippen LogP contribution in [0.2, 0.25) is 5.02 Å². The molecule has 0 aliphatic carbocycles. The fraction of sp³-hybridized carbons (Fsp3) is 0.381. The Morgan fingerprint density at radius 2 is 1.70 bits per heavy atom. The molecule has 1 amide bonds. The third kappa shape index (κ3) is 5.37. The summed E-state index contributed by atoms with van der Waals surface area (Å²) in [7, 11) is 0. The summed E-state index contributed by atoms with van der Waals surface area (Å²) in [5.74, 6) is 0. The molecule has 1 aliphatic rings. The number of morpholine rings is 1. The van der Waals surface area contributed by atoms with E-state index < -0.39 is 5.60 Å². The first kappa shape index (κ1) is 19.5. The Bertz CT molecular complexity index is 770. The quantitative estimate of drug-likeness (QED) is 0.765. The Morgan fingerprint density at radius 3 is 2.30 bits per heavy atom. The summed E-state index contributed by atoms with van der Waals surface area (Å²) < 4.78 is 11.2. The van der Waals surface area contributed by atoms with Crippen LogP contribution in [0.3, 0.4) is 0 Å². The zero-order valence-electron chi connectivity index (χ0n) is 15.9. The summed E-state index contributed by atoms with van der Waals surface area (Å²) in [6.45, 7) is 7.12. The van der Waals surface area contributed by atoms with Gasteiger partial charge in [-0.2, -0.15) is 0 Å². The number of halogens is 1. The van der Waals surface area contributed by atoms with Gasteiger partial charge < -0.3 is 14.8 Å². The Hall–Kier alpha value is -2.24. The predicted octanol–water partition coefficient (Wildman–Crippen LogP) is 5.39. The monoisotopic (exact) mass is 388 g/mol. The zero-order valence-corrected chi connectivity index (χ0v) is 16.6. The van der Waals surface area contributed by atoms with Crippen molar-refractivity contribution in [1.82, 2.24) is 4.90 Å². The predicted molar refractivity (Wildman–Crippen MR) is 108 cm³/mol. The van der Waals surface area contributed by atoms with E-state index in [0.29, 0.717) is 24.8 Å². The molecule has 0 radical (unpaired) electrons. The Morgan fingerprint density at radius 1 is 1.11 bits per heavy atom. The first-order valence-electron chi connectivity index (χ1n) is 9.02. The number of nitrogens with one attached hydrogen (secondary N) is 1. The highest BCUT2D eigenvalue weighted by Crippen LogP contribution is 2.28. The summed E-state index contributed by atoms with van der Waals surface area (Å²) in [6, 6.07) is 15.4. The van der Waals surface area contributed by atoms with Gasteiger partial charge in [-0.15, -0.1) is 0 Å². The lowest BCUT2D eigenvalue weighted by atomic mass is 10.0. The lowest BCUT2D eigenvalue weighted by Crippen LogP contribution is -2.45. The molecule has 5 nitrogen and oxygen atoms in total. The average molecular weight is 389 g/mol. The molecule has 1 unspecified atom stereocenters. The number of ether oxygens (including phenoxy) is 2. The summed E-state index contributed by atoms with van der Waals surface area (Å²) in [6.07, 6.45) is -0.306. The Balaban J connectivity index is 1.72. The molecule has 0 spiro atoms. The molecule has 0 saturated carbocycles. The summed E-state index contributed by atoms with van der Waals surface area (Å²) in [4.78, 5) is 14.3. The molecule has 2 aromatic carbocycles. The smallest absolute Gasteiger partial charge is 0.410 e. The van der Waals surface area contributed by atoms with Gasteiger partial charge >= 0.3 is 6.09 Å². The normalized spacial score (nSPS) is 17.5. The maximum absolute atomic E-state index is 12.6. The number of carbonyl (C=O) groups excluding carboxylic acids is 1. The maximum Gasteiger partial charge on any atom is 0.410 e. The topological polar surface area (TPSA) is 50.8 Å². The number of hydrogen-bond acceptors (Lipinski definition) is 4. The number of anilines is 2. The van der Waals surface area contributed by atoms with Crippen molar-refractivity contribution in [3.63, 3.8) is 0 Å². The van der Waals surface area contributed by atoms with E-state index in [1.54, 1.807) is 4.90 Å². The molecule has 6 heteroatoms. The van der Waals surface area contributed by atoms with Crippen molar-refractivity contribution in [1.29, 1.82) is 0 Å². The van der Waals surface area contributed by atoms with Crippen LogP contribution in [0.4, 0.5) is 16.2 Å². The van der Waals surface area contributed by atoms with Crippen LogP contribution in [0, 0.1) is 0 Å². The molecule has 1 aliphatic heterocycles. The zero-order chi connectivity index (χ0) is 19.4. The number of rotatable bonds is 3. The highest BCUT2D eigenvalue weighted by Gasteiger charge is 2.31. The van der Waals surface area contributed by atoms with E-state index in [0.717, 1.165) is 16.9 Å². The fourth-order valence-electron chi connectivity index (χ4n) is 2.91. The van der Waals surface area contributed by atoms with E-state index in [-0.39, 0.29) is 12.1 Å². The van der Waals surface area contributed by atoms with Crippen molar-refractivity contribution >= 4 is 29.1 Å². The molecule has 1 heterocycles. The van der Waals surface area contributed by atoms with Gasteiger partial charge in [0.25, 0.3) is 0 Å². The molecule has 1 saturated heterocycles. The molecule has 2 aromatic rings. The standard InChI is InChI=1S/C21H25ClN2O3/c1-21(2,3)27-20(25)24-12-13-26-14-19(24)15-4-8-17(9-5-15)23-18-10-6-16(22)7-11-18/h4-11,19,23H,12-14H2,1-3H3. The fourth-order valence-corrected chi connectivity index (χ4v) is 3.03. The SMILES string of the molecule is CC(C)(C)OC(=O)N1CCOCC1c1ccc(Nc2ccc(Cl)cc2)cc1. The van der Waals surface area contributed by atoms with Crippen LogP contribution in [0.25, 0.3) is 0 Å². The number of benzene rings is 2. The van der Waals surface area contributed by atoms with E-state index in [4.69, 9.17) is 21.1 Å². The maximum atomic E-state index is 12.6. The van der Waals surface area contributed by atoms with Gasteiger partial charge in [0, 0.05) is 22.9 Å². The molecule has 1 N–H and O–H groups in total. The molecule has 3 rings (SSSR count). The van der Waals surface area contributed by atoms with E-state index >= 15 is 0 Å². The van der Waals surface area contributed by atoms with Gasteiger partial charge in [-0.05, 0) is 62.7 Å². The van der Waals surface area contributed by atoms with E-state index in [2.05, 4.69) is 5.32 Å². The Labute approximate surface area is 165 Å². The third-order valence-electron chi connectivity index (χ3n) is 4.18. The number of nitrogens with zero attached hydrogens (tertiary/aromatic N) is 1. The van der Waals surface area contributed by atoms with Crippen LogP contribution in [-0.2, 0) is 9.47 Å². The summed E-state index contributed by atoms with van der Waals surface area (Å²) in [5, 5.41) is 4.04. The minimum atomic E-state index is -0.522. The molecule has 27 heavy (non-hydrogen) atoms. The Kier molecular flexibility index (Phi) is 5.92. The van der Waals surface area contributed by atoms with Gasteiger partial charge in [-0.1, -0.05) is 23.7 Å². The lowest BCUT2D eigenvalue weighted by Gasteiger charge is -2.36. The molecular formula is C21H25ClN2O3. The van der Waals surface area contributed by atoms with E-state index in [1.165, 1.54) is 0 Å². The van der Waals surface area contributed by atoms with Crippen molar-refractivity contribution in [2.24, 2.45) is 0 Å². The highest BCUT2D eigenvalue weighted by molar-refractivity contribution is 6.30. The van der Waals surface area contributed by atoms with Gasteiger partial charge in [0.05, 0.1) is 19.3 Å². The van der Waals surface area contributed by atoms with Crippen molar-refractivity contribution in [3.8, 4) is 0 Å². The second-order valence-corrected chi connectivity index (χ2v) is 7.95. The molecule has 0 aromatic heterocycles. The van der Waals surface area contributed by atoms with Crippen LogP contribution in [0.15, 0.2) is 48.5 Å². The molecule has 0 bridgehead atoms. The van der Waals surface area contributed by atoms with Gasteiger partial charge in [-0.3, -0.25) is 4.90 Å². The number of hydrogen-bond donors (Lipinski definition) is 1. The minimum Gasteiger partial charge on any atom is -0.444 e. The third-order valence-corrected chi connectivity index (χ3v) is 4.44. The van der Waals surface area contributed by atoms with Gasteiger partial charge in [0.1, 0.15) is 5.60 Å². The van der Waals surface area contributed by atoms with Gasteiger partial charge in [0.15, 0.2) is 0 Å². The molecule has 1 fully saturated rings. The van der Waals surface area contributed by atoms with E-state index in [1.807, 2.05) is 69.3 Å². The van der Waals surface area contributed by atoms with Gasteiger partial charge in [0.2, 0.25) is 0 Å². The highest BCUT2D eigenvalue weighted by atomic mass is 35.5. The second-order valence-electron chi connectivity index (χ2n) is 7.52. The van der Waals surface area contributed by atoms with Crippen LogP contribution in [0.1, 0.15) is 32.4 Å². The molecule has 1 atom stereocenters. The average Bonchev–Trinajstić information content (AvgIpc) is 2.63. The molecule has 144 valence electrons. The minimum absolute atomic E-state index is 0.154. The van der Waals surface area contributed by atoms with Crippen LogP contribution >= 0.6 is 11.6 Å². The van der Waals surface area contributed by atoms with Gasteiger partial charge in [-0.25, -0.2) is 4.79 Å². The first-order chi connectivity index (χ1) is 12.8. The largest absolute Gasteiger partial charge is 0.444 e. The van der Waals surface area contributed by atoms with Crippen LogP contribution < -0.4 is 5.32 Å². The second kappa shape index (κ2) is 8.19. The van der Waals surface area contributed by atoms with Crippen LogP contribution in [0.5, 0.6) is 0 Å². The number of carbonyl (C=O) groups is 1. The first-order valence-corrected chi connectivity index (χ1v) is 9.39. The van der Waals surface area contributed by atoms with Crippen molar-refractivity contribution in [2.45, 2.75) is 32.4 Å². The summed E-state index contributed by atoms with van der Waals surface area (Å²) >= 11 is 5.92. The number of amides is 1. The lowest BCUT2D eigenvalue weighted by molar-refractivity contribution is -0.0331. The van der Waals surface area contributed by atoms with Crippen molar-refractivity contribution in [3.05, 3.63) is 59.1 Å². The van der Waals surface area contributed by atoms with Crippen molar-refractivity contribution < 1.29 is 14.3 Å². The van der Waals surface area contributed by atoms with Crippen molar-refractivity contribution in [2.75, 3.05) is 25.1 Å². The van der Waals surface area contributed by atoms with E-state index in [9.17, 15) is 4.79 Å².